The van der Waals surface area contributed by atoms with Crippen LogP contribution in [0.25, 0.3) is 0 Å². The Morgan fingerprint density at radius 2 is 2.21 bits per heavy atom. The molecular weight excluding hydrogens is 312 g/mol. The average Bonchev–Trinajstić information content (AvgIpc) is 2.92. The van der Waals surface area contributed by atoms with E-state index in [1.807, 2.05) is 0 Å². The number of benzene rings is 1. The van der Waals surface area contributed by atoms with E-state index in [2.05, 4.69) is 26.5 Å². The van der Waals surface area contributed by atoms with E-state index in [-0.39, 0.29) is 11.3 Å². The third-order valence-corrected chi connectivity index (χ3v) is 2.90. The second-order valence-corrected chi connectivity index (χ2v) is 4.69. The summed E-state index contributed by atoms with van der Waals surface area (Å²) in [4.78, 5) is 11.9. The Morgan fingerprint density at radius 1 is 1.42 bits per heavy atom. The van der Waals surface area contributed by atoms with Crippen molar-refractivity contribution in [2.75, 3.05) is 0 Å². The Hall–Kier alpha value is -2.08. The molecular formula is C13H11BrN2O3. The summed E-state index contributed by atoms with van der Waals surface area (Å²) in [7, 11) is 0. The number of phenolic OH excluding ortho intramolecular Hbond substituents is 1. The fourth-order valence-corrected chi connectivity index (χ4v) is 1.79. The van der Waals surface area contributed by atoms with Gasteiger partial charge >= 0.3 is 0 Å². The summed E-state index contributed by atoms with van der Waals surface area (Å²) in [6, 6.07) is 8.06. The van der Waals surface area contributed by atoms with Gasteiger partial charge in [-0.1, -0.05) is 15.9 Å². The van der Waals surface area contributed by atoms with E-state index < -0.39 is 5.91 Å². The number of carbonyl (C=O) groups excluding carboxylic acids is 1. The summed E-state index contributed by atoms with van der Waals surface area (Å²) in [5.41, 5.74) is 3.04. The topological polar surface area (TPSA) is 74.8 Å². The molecule has 1 heterocycles. The number of phenols is 1. The second kappa shape index (κ2) is 5.71. The molecule has 0 radical (unpaired) electrons. The highest BCUT2D eigenvalue weighted by Gasteiger charge is 2.11. The molecule has 2 rings (SSSR count). The van der Waals surface area contributed by atoms with Crippen LogP contribution < -0.4 is 5.43 Å². The number of furan rings is 1. The minimum atomic E-state index is -0.496. The molecule has 1 aromatic heterocycles. The van der Waals surface area contributed by atoms with Crippen LogP contribution in [0.5, 0.6) is 5.75 Å². The van der Waals surface area contributed by atoms with Crippen LogP contribution in [0.15, 0.2) is 50.6 Å². The molecule has 0 unspecified atom stereocenters. The van der Waals surface area contributed by atoms with E-state index in [1.54, 1.807) is 25.1 Å². The zero-order chi connectivity index (χ0) is 13.8. The van der Waals surface area contributed by atoms with Crippen molar-refractivity contribution in [2.24, 2.45) is 5.10 Å². The van der Waals surface area contributed by atoms with E-state index in [4.69, 9.17) is 4.42 Å². The maximum absolute atomic E-state index is 11.9. The molecule has 0 saturated carbocycles. The summed E-state index contributed by atoms with van der Waals surface area (Å²) in [6.45, 7) is 1.71. The molecule has 2 aromatic rings. The van der Waals surface area contributed by atoms with Crippen molar-refractivity contribution in [3.63, 3.8) is 0 Å². The van der Waals surface area contributed by atoms with Crippen LogP contribution in [0.4, 0.5) is 0 Å². The summed E-state index contributed by atoms with van der Waals surface area (Å²) in [5, 5.41) is 13.5. The maximum atomic E-state index is 11.9. The molecule has 0 spiro atoms. The molecule has 1 amide bonds. The molecule has 0 atom stereocenters. The van der Waals surface area contributed by atoms with Crippen LogP contribution >= 0.6 is 15.9 Å². The van der Waals surface area contributed by atoms with Crippen LogP contribution in [0.2, 0.25) is 0 Å². The SMILES string of the molecule is C/C(=N\NC(=O)c1cc(Br)ccc1O)c1ccco1. The molecule has 19 heavy (non-hydrogen) atoms. The monoisotopic (exact) mass is 322 g/mol. The van der Waals surface area contributed by atoms with Crippen molar-refractivity contribution in [3.8, 4) is 5.75 Å². The number of nitrogens with zero attached hydrogens (tertiary/aromatic N) is 1. The first-order valence-electron chi connectivity index (χ1n) is 5.45. The quantitative estimate of drug-likeness (QED) is 0.674. The molecule has 2 N–H and O–H groups in total. The molecule has 5 nitrogen and oxygen atoms in total. The van der Waals surface area contributed by atoms with Gasteiger partial charge in [0.25, 0.3) is 5.91 Å². The molecule has 0 aliphatic rings. The number of hydrogen-bond acceptors (Lipinski definition) is 4. The third kappa shape index (κ3) is 3.23. The summed E-state index contributed by atoms with van der Waals surface area (Å²) < 4.78 is 5.83. The van der Waals surface area contributed by atoms with Crippen molar-refractivity contribution in [1.29, 1.82) is 0 Å². The standard InChI is InChI=1S/C13H11BrN2O3/c1-8(12-3-2-6-19-12)15-16-13(18)10-7-9(14)4-5-11(10)17/h2-7,17H,1H3,(H,16,18)/b15-8+. The first-order valence-corrected chi connectivity index (χ1v) is 6.24. The molecule has 0 saturated heterocycles. The zero-order valence-electron chi connectivity index (χ0n) is 10.1. The number of hydrogen-bond donors (Lipinski definition) is 2. The van der Waals surface area contributed by atoms with Crippen LogP contribution in [0, 0.1) is 0 Å². The highest BCUT2D eigenvalue weighted by Crippen LogP contribution is 2.21. The van der Waals surface area contributed by atoms with Gasteiger partial charge in [0.1, 0.15) is 17.2 Å². The number of aromatic hydroxyl groups is 1. The second-order valence-electron chi connectivity index (χ2n) is 3.78. The molecule has 0 fully saturated rings. The Kier molecular flexibility index (Phi) is 4.01. The lowest BCUT2D eigenvalue weighted by molar-refractivity contribution is 0.0952. The third-order valence-electron chi connectivity index (χ3n) is 2.41. The molecule has 1 aromatic carbocycles. The first kappa shape index (κ1) is 13.4. The lowest BCUT2D eigenvalue weighted by atomic mass is 10.2. The van der Waals surface area contributed by atoms with Gasteiger partial charge < -0.3 is 9.52 Å². The normalized spacial score (nSPS) is 11.4. The van der Waals surface area contributed by atoms with Crippen LogP contribution in [-0.4, -0.2) is 16.7 Å². The van der Waals surface area contributed by atoms with Gasteiger partial charge in [-0.25, -0.2) is 5.43 Å². The number of carbonyl (C=O) groups is 1. The fourth-order valence-electron chi connectivity index (χ4n) is 1.42. The summed E-state index contributed by atoms with van der Waals surface area (Å²) in [5.74, 6) is -0.0324. The van der Waals surface area contributed by atoms with Gasteiger partial charge in [-0.2, -0.15) is 5.10 Å². The Labute approximate surface area is 118 Å². The Balaban J connectivity index is 2.14. The lowest BCUT2D eigenvalue weighted by Gasteiger charge is -2.04. The van der Waals surface area contributed by atoms with Gasteiger partial charge in [0.15, 0.2) is 0 Å². The molecule has 0 bridgehead atoms. The van der Waals surface area contributed by atoms with Crippen molar-refractivity contribution >= 4 is 27.5 Å². The minimum absolute atomic E-state index is 0.105. The Morgan fingerprint density at radius 3 is 2.89 bits per heavy atom. The van der Waals surface area contributed by atoms with Gasteiger partial charge in [-0.3, -0.25) is 4.79 Å². The van der Waals surface area contributed by atoms with Gasteiger partial charge in [0, 0.05) is 4.47 Å². The van der Waals surface area contributed by atoms with Gasteiger partial charge in [0.05, 0.1) is 11.8 Å². The van der Waals surface area contributed by atoms with Crippen molar-refractivity contribution in [3.05, 3.63) is 52.4 Å². The number of amides is 1. The van der Waals surface area contributed by atoms with E-state index in [9.17, 15) is 9.90 Å². The highest BCUT2D eigenvalue weighted by atomic mass is 79.9. The average molecular weight is 323 g/mol. The fraction of sp³-hybridized carbons (Fsp3) is 0.0769. The van der Waals surface area contributed by atoms with E-state index in [1.165, 1.54) is 18.4 Å². The lowest BCUT2D eigenvalue weighted by Crippen LogP contribution is -2.19. The predicted molar refractivity (Wildman–Crippen MR) is 74.2 cm³/mol. The maximum Gasteiger partial charge on any atom is 0.275 e. The molecule has 0 aliphatic heterocycles. The van der Waals surface area contributed by atoms with E-state index in [0.29, 0.717) is 15.9 Å². The first-order chi connectivity index (χ1) is 9.08. The van der Waals surface area contributed by atoms with E-state index in [0.717, 1.165) is 0 Å². The van der Waals surface area contributed by atoms with Crippen molar-refractivity contribution in [2.45, 2.75) is 6.92 Å². The van der Waals surface area contributed by atoms with Crippen molar-refractivity contribution < 1.29 is 14.3 Å². The van der Waals surface area contributed by atoms with Gasteiger partial charge in [-0.05, 0) is 37.3 Å². The molecule has 6 heteroatoms. The predicted octanol–water partition coefficient (Wildman–Crippen LogP) is 2.90. The van der Waals surface area contributed by atoms with Crippen LogP contribution in [0.3, 0.4) is 0 Å². The van der Waals surface area contributed by atoms with Gasteiger partial charge in [0.2, 0.25) is 0 Å². The molecule has 0 aliphatic carbocycles. The summed E-state index contributed by atoms with van der Waals surface area (Å²) in [6.07, 6.45) is 1.52. The van der Waals surface area contributed by atoms with Gasteiger partial charge in [-0.15, -0.1) is 0 Å². The van der Waals surface area contributed by atoms with Crippen LogP contribution in [-0.2, 0) is 0 Å². The Bertz CT molecular complexity index is 621. The largest absolute Gasteiger partial charge is 0.507 e. The van der Waals surface area contributed by atoms with Crippen molar-refractivity contribution in [1.82, 2.24) is 5.43 Å². The minimum Gasteiger partial charge on any atom is -0.507 e. The number of nitrogens with one attached hydrogen (secondary N) is 1. The van der Waals surface area contributed by atoms with E-state index >= 15 is 0 Å². The summed E-state index contributed by atoms with van der Waals surface area (Å²) >= 11 is 3.23. The molecule has 98 valence electrons. The highest BCUT2D eigenvalue weighted by molar-refractivity contribution is 9.10. The van der Waals surface area contributed by atoms with Crippen LogP contribution in [0.1, 0.15) is 23.0 Å². The zero-order valence-corrected chi connectivity index (χ0v) is 11.6. The number of hydrazone groups is 1. The number of halogens is 1. The smallest absolute Gasteiger partial charge is 0.275 e. The number of rotatable bonds is 3.